The lowest BCUT2D eigenvalue weighted by Gasteiger charge is -2.40. The topological polar surface area (TPSA) is 74.8 Å². The lowest BCUT2D eigenvalue weighted by Crippen LogP contribution is -2.55. The summed E-state index contributed by atoms with van der Waals surface area (Å²) in [6.07, 6.45) is -5.22. The summed E-state index contributed by atoms with van der Waals surface area (Å²) in [6.45, 7) is 0.538. The van der Waals surface area contributed by atoms with E-state index in [2.05, 4.69) is 10.3 Å². The van der Waals surface area contributed by atoms with Crippen LogP contribution in [0.15, 0.2) is 11.4 Å². The molecule has 4 heterocycles. The Balaban J connectivity index is 1.27. The second-order valence-corrected chi connectivity index (χ2v) is 9.90. The minimum atomic E-state index is -4.62. The highest BCUT2D eigenvalue weighted by molar-refractivity contribution is 7.17. The Morgan fingerprint density at radius 1 is 1.24 bits per heavy atom. The van der Waals surface area contributed by atoms with E-state index in [0.717, 1.165) is 17.4 Å². The van der Waals surface area contributed by atoms with Crippen LogP contribution in [-0.2, 0) is 10.9 Å². The molecule has 2 aromatic rings. The SMILES string of the molecule is CNC(=O)c1csc2c(C(F)(F)F)cc(N3CCC(OC(=O)N4CC5(C4)CC5(F)F)CC3)nc12. The number of rotatable bonds is 3. The normalized spacial score (nSPS) is 21.5. The molecule has 2 amide bonds. The first-order valence-corrected chi connectivity index (χ1v) is 11.6. The number of pyridine rings is 1. The lowest BCUT2D eigenvalue weighted by atomic mass is 9.97. The highest BCUT2D eigenvalue weighted by Gasteiger charge is 2.76. The first-order chi connectivity index (χ1) is 15.9. The maximum absolute atomic E-state index is 13.7. The number of ether oxygens (including phenoxy) is 1. The summed E-state index contributed by atoms with van der Waals surface area (Å²) < 4.78 is 73.2. The number of alkyl halides is 5. The van der Waals surface area contributed by atoms with Crippen molar-refractivity contribution in [1.29, 1.82) is 0 Å². The molecule has 13 heteroatoms. The van der Waals surface area contributed by atoms with Gasteiger partial charge < -0.3 is 19.9 Å². The van der Waals surface area contributed by atoms with E-state index < -0.39 is 41.2 Å². The van der Waals surface area contributed by atoms with Crippen molar-refractivity contribution in [3.8, 4) is 0 Å². The number of likely N-dealkylation sites (tertiary alicyclic amines) is 1. The average Bonchev–Trinajstić information content (AvgIpc) is 3.11. The molecule has 1 saturated carbocycles. The summed E-state index contributed by atoms with van der Waals surface area (Å²) in [4.78, 5) is 31.6. The van der Waals surface area contributed by atoms with Crippen LogP contribution in [0.25, 0.3) is 10.2 Å². The van der Waals surface area contributed by atoms with Crippen LogP contribution in [0.3, 0.4) is 0 Å². The van der Waals surface area contributed by atoms with Crippen LogP contribution in [0.5, 0.6) is 0 Å². The van der Waals surface area contributed by atoms with Gasteiger partial charge in [-0.1, -0.05) is 0 Å². The van der Waals surface area contributed by atoms with Crippen LogP contribution in [0.2, 0.25) is 0 Å². The van der Waals surface area contributed by atoms with E-state index in [0.29, 0.717) is 12.8 Å². The van der Waals surface area contributed by atoms with Gasteiger partial charge in [0.2, 0.25) is 0 Å². The van der Waals surface area contributed by atoms with Crippen LogP contribution in [0.1, 0.15) is 35.2 Å². The molecule has 2 aromatic heterocycles. The third kappa shape index (κ3) is 3.73. The van der Waals surface area contributed by atoms with Crippen molar-refractivity contribution in [3.63, 3.8) is 0 Å². The molecule has 184 valence electrons. The zero-order valence-electron chi connectivity index (χ0n) is 18.0. The summed E-state index contributed by atoms with van der Waals surface area (Å²) >= 11 is 0.817. The van der Waals surface area contributed by atoms with Gasteiger partial charge >= 0.3 is 12.3 Å². The number of carbonyl (C=O) groups excluding carboxylic acids is 2. The van der Waals surface area contributed by atoms with Crippen molar-refractivity contribution in [1.82, 2.24) is 15.2 Å². The fourth-order valence-electron chi connectivity index (χ4n) is 4.62. The second-order valence-electron chi connectivity index (χ2n) is 9.02. The quantitative estimate of drug-likeness (QED) is 0.637. The molecule has 1 N–H and O–H groups in total. The van der Waals surface area contributed by atoms with Gasteiger partial charge in [0.05, 0.1) is 26.8 Å². The largest absolute Gasteiger partial charge is 0.446 e. The molecule has 7 nitrogen and oxygen atoms in total. The highest BCUT2D eigenvalue weighted by Crippen LogP contribution is 2.65. The van der Waals surface area contributed by atoms with Crippen molar-refractivity contribution in [2.24, 2.45) is 5.41 Å². The number of fused-ring (bicyclic) bond motifs is 1. The third-order valence-corrected chi connectivity index (χ3v) is 7.78. The van der Waals surface area contributed by atoms with Gasteiger partial charge in [-0.2, -0.15) is 13.2 Å². The number of halogens is 5. The predicted octanol–water partition coefficient (Wildman–Crippen LogP) is 4.12. The monoisotopic (exact) mass is 504 g/mol. The molecule has 0 atom stereocenters. The fourth-order valence-corrected chi connectivity index (χ4v) is 5.64. The Hall–Kier alpha value is -2.70. The number of nitrogens with zero attached hydrogens (tertiary/aromatic N) is 3. The molecule has 2 aliphatic heterocycles. The first-order valence-electron chi connectivity index (χ1n) is 10.7. The minimum Gasteiger partial charge on any atom is -0.446 e. The highest BCUT2D eigenvalue weighted by atomic mass is 32.1. The number of hydrogen-bond donors (Lipinski definition) is 1. The molecule has 0 unspecified atom stereocenters. The van der Waals surface area contributed by atoms with E-state index in [1.54, 1.807) is 4.90 Å². The third-order valence-electron chi connectivity index (χ3n) is 6.78. The van der Waals surface area contributed by atoms with E-state index in [9.17, 15) is 31.5 Å². The first kappa shape index (κ1) is 23.1. The van der Waals surface area contributed by atoms with Crippen LogP contribution in [0, 0.1) is 5.41 Å². The van der Waals surface area contributed by atoms with Crippen LogP contribution >= 0.6 is 11.3 Å². The second kappa shape index (κ2) is 7.65. The zero-order valence-corrected chi connectivity index (χ0v) is 18.9. The van der Waals surface area contributed by atoms with Crippen molar-refractivity contribution in [3.05, 3.63) is 22.6 Å². The maximum Gasteiger partial charge on any atom is 0.417 e. The fraction of sp³-hybridized carbons (Fsp3) is 0.571. The summed E-state index contributed by atoms with van der Waals surface area (Å²) in [7, 11) is 1.39. The Morgan fingerprint density at radius 3 is 2.44 bits per heavy atom. The molecule has 1 aliphatic carbocycles. The average molecular weight is 504 g/mol. The van der Waals surface area contributed by atoms with Gasteiger partial charge in [0, 0.05) is 57.9 Å². The van der Waals surface area contributed by atoms with Crippen LogP contribution < -0.4 is 10.2 Å². The van der Waals surface area contributed by atoms with E-state index in [4.69, 9.17) is 4.74 Å². The van der Waals surface area contributed by atoms with E-state index in [-0.39, 0.29) is 54.2 Å². The van der Waals surface area contributed by atoms with Gasteiger partial charge in [0.1, 0.15) is 11.9 Å². The molecule has 3 aliphatic rings. The van der Waals surface area contributed by atoms with Crippen LogP contribution in [-0.4, -0.2) is 67.1 Å². The van der Waals surface area contributed by atoms with Gasteiger partial charge in [0.15, 0.2) is 0 Å². The van der Waals surface area contributed by atoms with Gasteiger partial charge in [-0.25, -0.2) is 18.6 Å². The summed E-state index contributed by atoms with van der Waals surface area (Å²) in [6, 6.07) is 0.980. The minimum absolute atomic E-state index is 0.00804. The zero-order chi connectivity index (χ0) is 24.5. The summed E-state index contributed by atoms with van der Waals surface area (Å²) in [5.74, 6) is -3.14. The predicted molar refractivity (Wildman–Crippen MR) is 113 cm³/mol. The Kier molecular flexibility index (Phi) is 5.19. The van der Waals surface area contributed by atoms with Gasteiger partial charge in [-0.3, -0.25) is 4.79 Å². The van der Waals surface area contributed by atoms with E-state index in [1.807, 2.05) is 0 Å². The van der Waals surface area contributed by atoms with Crippen molar-refractivity contribution in [2.75, 3.05) is 38.1 Å². The molecule has 0 radical (unpaired) electrons. The van der Waals surface area contributed by atoms with Gasteiger partial charge in [-0.15, -0.1) is 11.3 Å². The number of piperidine rings is 1. The van der Waals surface area contributed by atoms with Crippen molar-refractivity contribution >= 4 is 39.4 Å². The Morgan fingerprint density at radius 2 is 1.88 bits per heavy atom. The number of nitrogens with one attached hydrogen (secondary N) is 1. The Bertz CT molecular complexity index is 1150. The Labute approximate surface area is 194 Å². The van der Waals surface area contributed by atoms with Crippen LogP contribution in [0.4, 0.5) is 32.6 Å². The molecule has 0 aromatic carbocycles. The lowest BCUT2D eigenvalue weighted by molar-refractivity contribution is -0.136. The number of anilines is 1. The molecule has 1 spiro atoms. The molecule has 2 saturated heterocycles. The number of hydrogen-bond acceptors (Lipinski definition) is 6. The van der Waals surface area contributed by atoms with Crippen molar-refractivity contribution < 1.29 is 36.3 Å². The number of thiophene rings is 1. The van der Waals surface area contributed by atoms with E-state index >= 15 is 0 Å². The van der Waals surface area contributed by atoms with Gasteiger partial charge in [0.25, 0.3) is 11.8 Å². The van der Waals surface area contributed by atoms with Gasteiger partial charge in [-0.05, 0) is 6.07 Å². The standard InChI is InChI=1S/C21H21F5N4O3S/c1-27-17(31)12-7-34-16-13(21(24,25)26)6-14(28-15(12)16)29-4-2-11(3-5-29)33-18(32)30-9-19(10-30)8-20(19,22)23/h6-7,11H,2-5,8-10H2,1H3,(H,27,31). The van der Waals surface area contributed by atoms with E-state index in [1.165, 1.54) is 17.3 Å². The number of carbonyl (C=O) groups is 2. The molecular formula is C21H21F5N4O3S. The van der Waals surface area contributed by atoms with Crippen molar-refractivity contribution in [2.45, 2.75) is 37.5 Å². The number of amides is 2. The molecule has 0 bridgehead atoms. The maximum atomic E-state index is 13.7. The summed E-state index contributed by atoms with van der Waals surface area (Å²) in [5.41, 5.74) is -1.87. The smallest absolute Gasteiger partial charge is 0.417 e. The molecule has 34 heavy (non-hydrogen) atoms. The molecular weight excluding hydrogens is 483 g/mol. The summed E-state index contributed by atoms with van der Waals surface area (Å²) in [5, 5.41) is 3.77. The number of aromatic nitrogens is 1. The molecule has 3 fully saturated rings. The molecule has 5 rings (SSSR count).